The fourth-order valence-electron chi connectivity index (χ4n) is 2.44. The predicted octanol–water partition coefficient (Wildman–Crippen LogP) is 0.851. The highest BCUT2D eigenvalue weighted by molar-refractivity contribution is 5.81. The number of piperidine rings is 1. The van der Waals surface area contributed by atoms with Gasteiger partial charge < -0.3 is 16.2 Å². The van der Waals surface area contributed by atoms with E-state index in [9.17, 15) is 9.90 Å². The Hall–Kier alpha value is -1.39. The number of carboxylic acid groups (broad SMARTS) is 1. The minimum atomic E-state index is -0.724. The highest BCUT2D eigenvalue weighted by Gasteiger charge is 2.41. The molecule has 0 spiro atoms. The van der Waals surface area contributed by atoms with Crippen molar-refractivity contribution in [2.24, 2.45) is 5.73 Å². The molecule has 0 amide bonds. The average Bonchev–Trinajstić information content (AvgIpc) is 2.39. The lowest BCUT2D eigenvalue weighted by molar-refractivity contribution is -0.145. The van der Waals surface area contributed by atoms with Crippen LogP contribution in [-0.4, -0.2) is 24.2 Å². The predicted molar refractivity (Wildman–Crippen MR) is 65.8 cm³/mol. The summed E-state index contributed by atoms with van der Waals surface area (Å²) in [6.07, 6.45) is 1.29. The summed E-state index contributed by atoms with van der Waals surface area (Å²) >= 11 is 0. The van der Waals surface area contributed by atoms with Gasteiger partial charge in [-0.3, -0.25) is 4.79 Å². The van der Waals surface area contributed by atoms with Crippen LogP contribution < -0.4 is 11.1 Å². The lowest BCUT2D eigenvalue weighted by Gasteiger charge is -2.34. The summed E-state index contributed by atoms with van der Waals surface area (Å²) in [5.41, 5.74) is 6.74. The fourth-order valence-corrected chi connectivity index (χ4v) is 2.44. The smallest absolute Gasteiger partial charge is 0.314 e. The lowest BCUT2D eigenvalue weighted by Crippen LogP contribution is -2.45. The van der Waals surface area contributed by atoms with Crippen LogP contribution in [-0.2, 0) is 16.8 Å². The van der Waals surface area contributed by atoms with Crippen LogP contribution in [0.1, 0.15) is 24.0 Å². The summed E-state index contributed by atoms with van der Waals surface area (Å²) in [6.45, 7) is 2.00. The van der Waals surface area contributed by atoms with Crippen LogP contribution in [0.25, 0.3) is 0 Å². The largest absolute Gasteiger partial charge is 0.481 e. The Kier molecular flexibility index (Phi) is 3.45. The monoisotopic (exact) mass is 234 g/mol. The van der Waals surface area contributed by atoms with Crippen molar-refractivity contribution in [3.8, 4) is 0 Å². The van der Waals surface area contributed by atoms with Crippen LogP contribution in [0, 0.1) is 0 Å². The standard InChI is InChI=1S/C13H18N2O2/c14-9-10-1-3-11(4-2-10)13(12(16)17)5-7-15-8-6-13/h1-4,15H,5-9,14H2,(H,16,17). The van der Waals surface area contributed by atoms with Crippen molar-refractivity contribution in [1.29, 1.82) is 0 Å². The molecule has 2 rings (SSSR count). The Labute approximate surface area is 101 Å². The second kappa shape index (κ2) is 4.85. The molecule has 0 atom stereocenters. The van der Waals surface area contributed by atoms with Crippen LogP contribution in [0.3, 0.4) is 0 Å². The van der Waals surface area contributed by atoms with Gasteiger partial charge >= 0.3 is 5.97 Å². The van der Waals surface area contributed by atoms with Crippen molar-refractivity contribution in [1.82, 2.24) is 5.32 Å². The Morgan fingerprint density at radius 3 is 2.35 bits per heavy atom. The zero-order valence-electron chi connectivity index (χ0n) is 9.78. The van der Waals surface area contributed by atoms with Gasteiger partial charge in [-0.15, -0.1) is 0 Å². The molecule has 1 aliphatic rings. The summed E-state index contributed by atoms with van der Waals surface area (Å²) in [7, 11) is 0. The first-order valence-electron chi connectivity index (χ1n) is 5.93. The van der Waals surface area contributed by atoms with Crippen molar-refractivity contribution in [3.05, 3.63) is 35.4 Å². The number of nitrogens with two attached hydrogens (primary N) is 1. The Morgan fingerprint density at radius 2 is 1.88 bits per heavy atom. The maximum absolute atomic E-state index is 11.6. The third-order valence-electron chi connectivity index (χ3n) is 3.61. The van der Waals surface area contributed by atoms with Crippen molar-refractivity contribution in [3.63, 3.8) is 0 Å². The van der Waals surface area contributed by atoms with Gasteiger partial charge in [-0.05, 0) is 37.1 Å². The van der Waals surface area contributed by atoms with Gasteiger partial charge in [-0.25, -0.2) is 0 Å². The Balaban J connectivity index is 2.34. The molecule has 1 aromatic carbocycles. The quantitative estimate of drug-likeness (QED) is 0.725. The van der Waals surface area contributed by atoms with Gasteiger partial charge in [0.25, 0.3) is 0 Å². The van der Waals surface area contributed by atoms with E-state index < -0.39 is 11.4 Å². The molecule has 1 aliphatic heterocycles. The first-order valence-corrected chi connectivity index (χ1v) is 5.93. The first kappa shape index (κ1) is 12.1. The molecular weight excluding hydrogens is 216 g/mol. The maximum Gasteiger partial charge on any atom is 0.314 e. The molecule has 0 unspecified atom stereocenters. The molecule has 1 aromatic rings. The fraction of sp³-hybridized carbons (Fsp3) is 0.462. The van der Waals surface area contributed by atoms with Crippen LogP contribution in [0.5, 0.6) is 0 Å². The molecule has 1 heterocycles. The van der Waals surface area contributed by atoms with E-state index >= 15 is 0 Å². The zero-order chi connectivity index (χ0) is 12.3. The van der Waals surface area contributed by atoms with Crippen molar-refractivity contribution >= 4 is 5.97 Å². The summed E-state index contributed by atoms with van der Waals surface area (Å²) in [6, 6.07) is 7.65. The lowest BCUT2D eigenvalue weighted by atomic mass is 9.73. The maximum atomic E-state index is 11.6. The topological polar surface area (TPSA) is 75.4 Å². The minimum Gasteiger partial charge on any atom is -0.481 e. The van der Waals surface area contributed by atoms with E-state index in [1.54, 1.807) is 0 Å². The van der Waals surface area contributed by atoms with E-state index in [1.807, 2.05) is 24.3 Å². The van der Waals surface area contributed by atoms with Gasteiger partial charge in [-0.1, -0.05) is 24.3 Å². The molecule has 4 N–H and O–H groups in total. The van der Waals surface area contributed by atoms with E-state index in [1.165, 1.54) is 0 Å². The molecule has 0 saturated carbocycles. The third kappa shape index (κ3) is 2.18. The highest BCUT2D eigenvalue weighted by Crippen LogP contribution is 2.33. The van der Waals surface area contributed by atoms with Crippen molar-refractivity contribution in [2.45, 2.75) is 24.8 Å². The number of rotatable bonds is 3. The van der Waals surface area contributed by atoms with Gasteiger partial charge in [0.2, 0.25) is 0 Å². The van der Waals surface area contributed by atoms with Crippen LogP contribution in [0.15, 0.2) is 24.3 Å². The summed E-state index contributed by atoms with van der Waals surface area (Å²) in [5, 5.41) is 12.7. The van der Waals surface area contributed by atoms with Gasteiger partial charge in [0, 0.05) is 6.54 Å². The normalized spacial score (nSPS) is 18.9. The molecule has 17 heavy (non-hydrogen) atoms. The molecule has 0 bridgehead atoms. The van der Waals surface area contributed by atoms with Crippen LogP contribution in [0.2, 0.25) is 0 Å². The number of benzene rings is 1. The van der Waals surface area contributed by atoms with E-state index in [-0.39, 0.29) is 0 Å². The molecule has 0 aromatic heterocycles. The number of hydrogen-bond donors (Lipinski definition) is 3. The minimum absolute atomic E-state index is 0.488. The van der Waals surface area contributed by atoms with E-state index in [4.69, 9.17) is 5.73 Å². The van der Waals surface area contributed by atoms with E-state index in [0.29, 0.717) is 19.4 Å². The highest BCUT2D eigenvalue weighted by atomic mass is 16.4. The molecule has 0 aliphatic carbocycles. The molecular formula is C13H18N2O2. The summed E-state index contributed by atoms with van der Waals surface area (Å²) in [4.78, 5) is 11.6. The third-order valence-corrected chi connectivity index (χ3v) is 3.61. The number of aliphatic carboxylic acids is 1. The SMILES string of the molecule is NCc1ccc(C2(C(=O)O)CCNCC2)cc1. The molecule has 92 valence electrons. The van der Waals surface area contributed by atoms with E-state index in [2.05, 4.69) is 5.32 Å². The summed E-state index contributed by atoms with van der Waals surface area (Å²) < 4.78 is 0. The van der Waals surface area contributed by atoms with Gasteiger partial charge in [-0.2, -0.15) is 0 Å². The number of carbonyl (C=O) groups is 1. The zero-order valence-corrected chi connectivity index (χ0v) is 9.78. The summed E-state index contributed by atoms with van der Waals surface area (Å²) in [5.74, 6) is -0.723. The van der Waals surface area contributed by atoms with Gasteiger partial charge in [0.15, 0.2) is 0 Å². The molecule has 1 saturated heterocycles. The molecule has 4 heteroatoms. The molecule has 4 nitrogen and oxygen atoms in total. The van der Waals surface area contributed by atoms with Crippen molar-refractivity contribution < 1.29 is 9.90 Å². The first-order chi connectivity index (χ1) is 8.19. The Bertz CT molecular complexity index is 394. The van der Waals surface area contributed by atoms with Crippen molar-refractivity contribution in [2.75, 3.05) is 13.1 Å². The van der Waals surface area contributed by atoms with E-state index in [0.717, 1.165) is 24.2 Å². The van der Waals surface area contributed by atoms with Gasteiger partial charge in [0.05, 0.1) is 5.41 Å². The Morgan fingerprint density at radius 1 is 1.29 bits per heavy atom. The average molecular weight is 234 g/mol. The second-order valence-corrected chi connectivity index (χ2v) is 4.54. The van der Waals surface area contributed by atoms with Gasteiger partial charge in [0.1, 0.15) is 0 Å². The molecule has 0 radical (unpaired) electrons. The number of carboxylic acids is 1. The number of hydrogen-bond acceptors (Lipinski definition) is 3. The molecule has 1 fully saturated rings. The second-order valence-electron chi connectivity index (χ2n) is 4.54. The van der Waals surface area contributed by atoms with Crippen LogP contribution in [0.4, 0.5) is 0 Å². The number of nitrogens with one attached hydrogen (secondary N) is 1. The van der Waals surface area contributed by atoms with Crippen LogP contribution >= 0.6 is 0 Å².